The Labute approximate surface area is 113 Å². The summed E-state index contributed by atoms with van der Waals surface area (Å²) >= 11 is 0. The first-order valence-electron chi connectivity index (χ1n) is 7.87. The van der Waals surface area contributed by atoms with Crippen molar-refractivity contribution in [2.45, 2.75) is 70.9 Å². The summed E-state index contributed by atoms with van der Waals surface area (Å²) in [6, 6.07) is 0.574. The van der Waals surface area contributed by atoms with Crippen molar-refractivity contribution in [2.24, 2.45) is 5.73 Å². The van der Waals surface area contributed by atoms with E-state index in [0.29, 0.717) is 12.1 Å². The first-order valence-corrected chi connectivity index (χ1v) is 7.87. The third-order valence-electron chi connectivity index (χ3n) is 3.99. The van der Waals surface area contributed by atoms with Crippen LogP contribution in [-0.4, -0.2) is 43.3 Å². The van der Waals surface area contributed by atoms with Crippen LogP contribution in [0.1, 0.15) is 58.8 Å². The molecule has 18 heavy (non-hydrogen) atoms. The van der Waals surface area contributed by atoms with E-state index < -0.39 is 0 Å². The van der Waals surface area contributed by atoms with Gasteiger partial charge in [0.1, 0.15) is 0 Å². The highest BCUT2D eigenvalue weighted by molar-refractivity contribution is 4.80. The van der Waals surface area contributed by atoms with Gasteiger partial charge in [0.25, 0.3) is 0 Å². The third-order valence-corrected chi connectivity index (χ3v) is 3.99. The highest BCUT2D eigenvalue weighted by Gasteiger charge is 2.24. The topological polar surface area (TPSA) is 38.5 Å². The Morgan fingerprint density at radius 1 is 1.28 bits per heavy atom. The van der Waals surface area contributed by atoms with Gasteiger partial charge >= 0.3 is 0 Å². The molecule has 0 aromatic carbocycles. The Morgan fingerprint density at radius 2 is 2.11 bits per heavy atom. The summed E-state index contributed by atoms with van der Waals surface area (Å²) in [6.45, 7) is 8.28. The van der Waals surface area contributed by atoms with Crippen LogP contribution in [-0.2, 0) is 4.74 Å². The van der Waals surface area contributed by atoms with E-state index in [1.807, 2.05) is 0 Å². The second-order valence-corrected chi connectivity index (χ2v) is 5.45. The van der Waals surface area contributed by atoms with Gasteiger partial charge in [-0.3, -0.25) is 4.90 Å². The van der Waals surface area contributed by atoms with Gasteiger partial charge in [-0.1, -0.05) is 32.6 Å². The van der Waals surface area contributed by atoms with E-state index in [0.717, 1.165) is 19.7 Å². The van der Waals surface area contributed by atoms with Crippen molar-refractivity contribution in [3.8, 4) is 0 Å². The van der Waals surface area contributed by atoms with E-state index in [4.69, 9.17) is 10.5 Å². The van der Waals surface area contributed by atoms with Gasteiger partial charge in [0.2, 0.25) is 0 Å². The number of unbranched alkanes of at least 4 members (excludes halogenated alkanes) is 3. The maximum Gasteiger partial charge on any atom is 0.0702 e. The van der Waals surface area contributed by atoms with Crippen LogP contribution >= 0.6 is 0 Å². The summed E-state index contributed by atoms with van der Waals surface area (Å²) < 4.78 is 5.77. The monoisotopic (exact) mass is 256 g/mol. The summed E-state index contributed by atoms with van der Waals surface area (Å²) in [4.78, 5) is 2.57. The van der Waals surface area contributed by atoms with E-state index in [-0.39, 0.29) is 0 Å². The SMILES string of the molecule is CCCCCCC(CN)N1CCCC(OCC)C1. The van der Waals surface area contributed by atoms with Crippen molar-refractivity contribution in [3.63, 3.8) is 0 Å². The van der Waals surface area contributed by atoms with Crippen molar-refractivity contribution in [1.82, 2.24) is 4.90 Å². The molecule has 0 aliphatic carbocycles. The number of nitrogens with zero attached hydrogens (tertiary/aromatic N) is 1. The average Bonchev–Trinajstić information content (AvgIpc) is 2.40. The molecule has 0 bridgehead atoms. The van der Waals surface area contributed by atoms with Crippen molar-refractivity contribution < 1.29 is 4.74 Å². The lowest BCUT2D eigenvalue weighted by Crippen LogP contribution is -2.48. The lowest BCUT2D eigenvalue weighted by atomic mass is 10.0. The Kier molecular flexibility index (Phi) is 8.64. The number of likely N-dealkylation sites (tertiary alicyclic amines) is 1. The number of hydrogen-bond donors (Lipinski definition) is 1. The maximum atomic E-state index is 5.96. The smallest absolute Gasteiger partial charge is 0.0702 e. The van der Waals surface area contributed by atoms with E-state index in [1.54, 1.807) is 0 Å². The van der Waals surface area contributed by atoms with E-state index in [9.17, 15) is 0 Å². The zero-order chi connectivity index (χ0) is 13.2. The molecule has 1 heterocycles. The maximum absolute atomic E-state index is 5.96. The van der Waals surface area contributed by atoms with Gasteiger partial charge < -0.3 is 10.5 Å². The molecule has 0 spiro atoms. The quantitative estimate of drug-likeness (QED) is 0.645. The van der Waals surface area contributed by atoms with E-state index >= 15 is 0 Å². The van der Waals surface area contributed by atoms with Crippen LogP contribution in [0.15, 0.2) is 0 Å². The molecule has 3 nitrogen and oxygen atoms in total. The van der Waals surface area contributed by atoms with Crippen LogP contribution < -0.4 is 5.73 Å². The minimum atomic E-state index is 0.438. The molecule has 1 rings (SSSR count). The predicted molar refractivity (Wildman–Crippen MR) is 77.8 cm³/mol. The summed E-state index contributed by atoms with van der Waals surface area (Å²) in [6.07, 6.45) is 9.53. The fourth-order valence-electron chi connectivity index (χ4n) is 2.93. The van der Waals surface area contributed by atoms with Gasteiger partial charge in [-0.05, 0) is 32.7 Å². The van der Waals surface area contributed by atoms with E-state index in [2.05, 4.69) is 18.7 Å². The molecule has 1 aliphatic rings. The molecule has 2 atom stereocenters. The summed E-state index contributed by atoms with van der Waals surface area (Å²) in [5, 5.41) is 0. The molecule has 0 radical (unpaired) electrons. The Hall–Kier alpha value is -0.120. The number of ether oxygens (including phenoxy) is 1. The van der Waals surface area contributed by atoms with Crippen LogP contribution in [0.3, 0.4) is 0 Å². The van der Waals surface area contributed by atoms with Crippen LogP contribution in [0.2, 0.25) is 0 Å². The minimum Gasteiger partial charge on any atom is -0.377 e. The molecule has 108 valence electrons. The largest absolute Gasteiger partial charge is 0.377 e. The normalized spacial score (nSPS) is 23.2. The molecule has 1 saturated heterocycles. The van der Waals surface area contributed by atoms with Crippen molar-refractivity contribution in [1.29, 1.82) is 0 Å². The molecule has 3 heteroatoms. The standard InChI is InChI=1S/C15H32N2O/c1-3-5-6-7-9-14(12-16)17-11-8-10-15(13-17)18-4-2/h14-15H,3-13,16H2,1-2H3. The van der Waals surface area contributed by atoms with Gasteiger partial charge in [0, 0.05) is 25.7 Å². The minimum absolute atomic E-state index is 0.438. The van der Waals surface area contributed by atoms with Crippen LogP contribution in [0, 0.1) is 0 Å². The Morgan fingerprint density at radius 3 is 2.78 bits per heavy atom. The highest BCUT2D eigenvalue weighted by Crippen LogP contribution is 2.18. The van der Waals surface area contributed by atoms with Gasteiger partial charge in [-0.25, -0.2) is 0 Å². The van der Waals surface area contributed by atoms with Crippen molar-refractivity contribution >= 4 is 0 Å². The van der Waals surface area contributed by atoms with Gasteiger partial charge in [-0.2, -0.15) is 0 Å². The molecule has 0 aromatic heterocycles. The zero-order valence-electron chi connectivity index (χ0n) is 12.4. The fraction of sp³-hybridized carbons (Fsp3) is 1.00. The number of nitrogens with two attached hydrogens (primary N) is 1. The molecule has 1 aliphatic heterocycles. The molecule has 0 amide bonds. The lowest BCUT2D eigenvalue weighted by molar-refractivity contribution is -0.00754. The van der Waals surface area contributed by atoms with Gasteiger partial charge in [0.15, 0.2) is 0 Å². The first-order chi connectivity index (χ1) is 8.81. The molecular weight excluding hydrogens is 224 g/mol. The molecule has 1 fully saturated rings. The second kappa shape index (κ2) is 9.76. The fourth-order valence-corrected chi connectivity index (χ4v) is 2.93. The first kappa shape index (κ1) is 15.9. The second-order valence-electron chi connectivity index (χ2n) is 5.45. The van der Waals surface area contributed by atoms with Crippen molar-refractivity contribution in [3.05, 3.63) is 0 Å². The predicted octanol–water partition coefficient (Wildman–Crippen LogP) is 2.79. The zero-order valence-corrected chi connectivity index (χ0v) is 12.4. The molecule has 0 aromatic rings. The number of piperidine rings is 1. The van der Waals surface area contributed by atoms with Crippen LogP contribution in [0.25, 0.3) is 0 Å². The van der Waals surface area contributed by atoms with Gasteiger partial charge in [-0.15, -0.1) is 0 Å². The molecule has 2 unspecified atom stereocenters. The van der Waals surface area contributed by atoms with Crippen LogP contribution in [0.4, 0.5) is 0 Å². The van der Waals surface area contributed by atoms with Gasteiger partial charge in [0.05, 0.1) is 6.10 Å². The van der Waals surface area contributed by atoms with Crippen LogP contribution in [0.5, 0.6) is 0 Å². The summed E-state index contributed by atoms with van der Waals surface area (Å²) in [7, 11) is 0. The molecule has 0 saturated carbocycles. The lowest BCUT2D eigenvalue weighted by Gasteiger charge is -2.37. The Balaban J connectivity index is 2.29. The number of rotatable bonds is 9. The Bertz CT molecular complexity index is 197. The van der Waals surface area contributed by atoms with Crippen molar-refractivity contribution in [2.75, 3.05) is 26.2 Å². The third kappa shape index (κ3) is 5.68. The number of hydrogen-bond acceptors (Lipinski definition) is 3. The highest BCUT2D eigenvalue weighted by atomic mass is 16.5. The average molecular weight is 256 g/mol. The molecular formula is C15H32N2O. The summed E-state index contributed by atoms with van der Waals surface area (Å²) in [5.74, 6) is 0. The molecule has 2 N–H and O–H groups in total. The van der Waals surface area contributed by atoms with E-state index in [1.165, 1.54) is 51.5 Å². The summed E-state index contributed by atoms with van der Waals surface area (Å²) in [5.41, 5.74) is 5.96.